The van der Waals surface area contributed by atoms with Crippen molar-refractivity contribution in [1.82, 2.24) is 9.97 Å². The maximum atomic E-state index is 13.4. The van der Waals surface area contributed by atoms with Crippen molar-refractivity contribution in [3.8, 4) is 0 Å². The molecule has 7 atom stereocenters. The second-order valence-electron chi connectivity index (χ2n) is 11.0. The zero-order valence-electron chi connectivity index (χ0n) is 19.6. The van der Waals surface area contributed by atoms with Gasteiger partial charge in [-0.05, 0) is 73.6 Å². The van der Waals surface area contributed by atoms with E-state index in [0.717, 1.165) is 25.7 Å². The Morgan fingerprint density at radius 3 is 2.97 bits per heavy atom. The van der Waals surface area contributed by atoms with Crippen molar-refractivity contribution in [2.45, 2.75) is 57.3 Å². The van der Waals surface area contributed by atoms with Gasteiger partial charge < -0.3 is 9.52 Å². The number of aromatic nitrogens is 2. The third-order valence-corrected chi connectivity index (χ3v) is 10.2. The first-order valence-electron chi connectivity index (χ1n) is 12.3. The molecule has 7 heteroatoms. The van der Waals surface area contributed by atoms with Crippen LogP contribution in [0.1, 0.15) is 46.0 Å². The normalized spacial score (nSPS) is 38.9. The second kappa shape index (κ2) is 7.89. The Hall–Kier alpha value is -2.25. The Morgan fingerprint density at radius 1 is 1.29 bits per heavy atom. The Kier molecular flexibility index (Phi) is 5.16. The van der Waals surface area contributed by atoms with Crippen LogP contribution in [-0.4, -0.2) is 38.5 Å². The van der Waals surface area contributed by atoms with Crippen LogP contribution in [0.2, 0.25) is 0 Å². The Bertz CT molecular complexity index is 1200. The number of carbonyl (C=O) groups excluding carboxylic acids is 2. The lowest BCUT2D eigenvalue weighted by atomic mass is 9.46. The highest BCUT2D eigenvalue weighted by Crippen LogP contribution is 2.66. The summed E-state index contributed by atoms with van der Waals surface area (Å²) in [7, 11) is 0. The van der Waals surface area contributed by atoms with Gasteiger partial charge in [0, 0.05) is 23.4 Å². The van der Waals surface area contributed by atoms with Crippen LogP contribution in [0.3, 0.4) is 0 Å². The Balaban J connectivity index is 1.21. The lowest BCUT2D eigenvalue weighted by Gasteiger charge is -2.58. The summed E-state index contributed by atoms with van der Waals surface area (Å²) in [4.78, 5) is 34.0. The van der Waals surface area contributed by atoms with Crippen molar-refractivity contribution in [2.24, 2.45) is 34.5 Å². The average Bonchev–Trinajstić information content (AvgIpc) is 3.37. The van der Waals surface area contributed by atoms with E-state index in [1.54, 1.807) is 24.4 Å². The van der Waals surface area contributed by atoms with Crippen LogP contribution in [0.25, 0.3) is 11.2 Å². The number of rotatable bonds is 4. The summed E-state index contributed by atoms with van der Waals surface area (Å²) < 4.78 is 5.73. The number of aliphatic hydroxyl groups is 1. The molecule has 4 aliphatic carbocycles. The molecule has 0 amide bonds. The number of Topliss-reactive ketones (excluding diaryl/α,β-unsaturated/α-hetero) is 1. The lowest BCUT2D eigenvalue weighted by molar-refractivity contribution is -0.137. The van der Waals surface area contributed by atoms with Crippen LogP contribution >= 0.6 is 11.8 Å². The van der Waals surface area contributed by atoms with Crippen molar-refractivity contribution in [3.05, 3.63) is 42.1 Å². The van der Waals surface area contributed by atoms with Crippen LogP contribution in [-0.2, 0) is 9.59 Å². The molecule has 1 N–H and O–H groups in total. The highest BCUT2D eigenvalue weighted by atomic mass is 32.2. The number of ketones is 2. The van der Waals surface area contributed by atoms with E-state index in [4.69, 9.17) is 4.42 Å². The van der Waals surface area contributed by atoms with E-state index in [1.165, 1.54) is 17.3 Å². The monoisotopic (exact) mass is 478 g/mol. The zero-order valence-corrected chi connectivity index (χ0v) is 20.4. The summed E-state index contributed by atoms with van der Waals surface area (Å²) in [6, 6.07) is 3.63. The van der Waals surface area contributed by atoms with E-state index in [1.807, 2.05) is 12.1 Å². The first-order chi connectivity index (χ1) is 16.3. The molecule has 6 nitrogen and oxygen atoms in total. The van der Waals surface area contributed by atoms with Gasteiger partial charge in [-0.1, -0.05) is 37.3 Å². The molecule has 0 spiro atoms. The number of oxazole rings is 1. The summed E-state index contributed by atoms with van der Waals surface area (Å²) in [5.41, 5.74) is 1.89. The van der Waals surface area contributed by atoms with Gasteiger partial charge in [-0.2, -0.15) is 4.98 Å². The van der Waals surface area contributed by atoms with Crippen LogP contribution in [0.15, 0.2) is 51.8 Å². The zero-order chi connectivity index (χ0) is 23.7. The predicted octanol–water partition coefficient (Wildman–Crippen LogP) is 4.78. The molecule has 2 aromatic heterocycles. The number of fused-ring (bicyclic) bond motifs is 6. The predicted molar refractivity (Wildman–Crippen MR) is 129 cm³/mol. The minimum absolute atomic E-state index is 0.0554. The fourth-order valence-corrected chi connectivity index (χ4v) is 8.67. The maximum Gasteiger partial charge on any atom is 0.258 e. The van der Waals surface area contributed by atoms with Gasteiger partial charge in [-0.15, -0.1) is 0 Å². The topological polar surface area (TPSA) is 93.3 Å². The van der Waals surface area contributed by atoms with E-state index >= 15 is 0 Å². The molecule has 4 aliphatic rings. The number of nitrogens with zero attached hydrogens (tertiary/aromatic N) is 2. The molecule has 34 heavy (non-hydrogen) atoms. The molecule has 0 aromatic carbocycles. The number of hydrogen-bond donors (Lipinski definition) is 1. The maximum absolute atomic E-state index is 13.4. The molecule has 3 saturated carbocycles. The van der Waals surface area contributed by atoms with E-state index in [-0.39, 0.29) is 34.2 Å². The highest BCUT2D eigenvalue weighted by Gasteiger charge is 2.62. The van der Waals surface area contributed by atoms with Gasteiger partial charge in [-0.3, -0.25) is 9.59 Å². The molecule has 3 fully saturated rings. The summed E-state index contributed by atoms with van der Waals surface area (Å²) in [5, 5.41) is 12.0. The molecule has 6 unspecified atom stereocenters. The van der Waals surface area contributed by atoms with Gasteiger partial charge in [0.2, 0.25) is 0 Å². The van der Waals surface area contributed by atoms with Gasteiger partial charge in [0.05, 0.1) is 11.9 Å². The third kappa shape index (κ3) is 3.27. The molecule has 0 aliphatic heterocycles. The van der Waals surface area contributed by atoms with Gasteiger partial charge in [-0.25, -0.2) is 4.98 Å². The first kappa shape index (κ1) is 22.2. The summed E-state index contributed by atoms with van der Waals surface area (Å²) >= 11 is 1.34. The van der Waals surface area contributed by atoms with E-state index < -0.39 is 6.10 Å². The Labute approximate surface area is 203 Å². The smallest absolute Gasteiger partial charge is 0.258 e. The molecule has 6 rings (SSSR count). The van der Waals surface area contributed by atoms with Crippen molar-refractivity contribution in [2.75, 3.05) is 5.75 Å². The van der Waals surface area contributed by atoms with E-state index in [9.17, 15) is 14.7 Å². The molecule has 0 radical (unpaired) electrons. The number of pyridine rings is 1. The molecule has 2 heterocycles. The first-order valence-corrected chi connectivity index (χ1v) is 13.3. The molecular weight excluding hydrogens is 448 g/mol. The molecule has 0 bridgehead atoms. The standard InChI is InChI=1S/C27H30N2O4S/c1-26-10-9-16(30)12-15(26)5-6-17-18-7-8-19(27(18,2)13-20(31)23(17)26)21(32)14-34-25-29-24-22(33-25)4-3-11-28-24/h3-4,9-12,17-20,23,31H,5-8,13-14H2,1-2H3/t17?,18?,19?,20-,23?,26?,27?/m0/s1. The van der Waals surface area contributed by atoms with Crippen LogP contribution in [0.4, 0.5) is 0 Å². The fourth-order valence-electron chi connectivity index (χ4n) is 7.90. The molecule has 178 valence electrons. The minimum atomic E-state index is -0.484. The number of thioether (sulfide) groups is 1. The van der Waals surface area contributed by atoms with Gasteiger partial charge >= 0.3 is 0 Å². The molecule has 2 aromatic rings. The quantitative estimate of drug-likeness (QED) is 0.632. The summed E-state index contributed by atoms with van der Waals surface area (Å²) in [5.74, 6) is 1.42. The number of aliphatic hydroxyl groups excluding tert-OH is 1. The molecular formula is C27H30N2O4S. The molecule has 0 saturated heterocycles. The number of hydrogen-bond acceptors (Lipinski definition) is 7. The van der Waals surface area contributed by atoms with Gasteiger partial charge in [0.15, 0.2) is 17.0 Å². The van der Waals surface area contributed by atoms with E-state index in [0.29, 0.717) is 40.5 Å². The second-order valence-corrected chi connectivity index (χ2v) is 11.9. The van der Waals surface area contributed by atoms with Crippen LogP contribution < -0.4 is 0 Å². The van der Waals surface area contributed by atoms with Crippen molar-refractivity contribution in [1.29, 1.82) is 0 Å². The highest BCUT2D eigenvalue weighted by molar-refractivity contribution is 7.99. The van der Waals surface area contributed by atoms with Crippen LogP contribution in [0, 0.1) is 34.5 Å². The van der Waals surface area contributed by atoms with E-state index in [2.05, 4.69) is 23.8 Å². The lowest BCUT2D eigenvalue weighted by Crippen LogP contribution is -2.56. The van der Waals surface area contributed by atoms with Gasteiger partial charge in [0.25, 0.3) is 5.22 Å². The average molecular weight is 479 g/mol. The van der Waals surface area contributed by atoms with Gasteiger partial charge in [0.1, 0.15) is 5.78 Å². The summed E-state index contributed by atoms with van der Waals surface area (Å²) in [6.45, 7) is 4.42. The number of allylic oxidation sites excluding steroid dienone is 4. The van der Waals surface area contributed by atoms with Crippen LogP contribution in [0.5, 0.6) is 0 Å². The Morgan fingerprint density at radius 2 is 2.15 bits per heavy atom. The van der Waals surface area contributed by atoms with Crippen molar-refractivity contribution in [3.63, 3.8) is 0 Å². The fraction of sp³-hybridized carbons (Fsp3) is 0.556. The summed E-state index contributed by atoms with van der Waals surface area (Å²) in [6.07, 6.45) is 11.1. The van der Waals surface area contributed by atoms with Crippen molar-refractivity contribution < 1.29 is 19.1 Å². The SMILES string of the molecule is CC12C=CC(=O)C=C1CCC1C2[C@@H](O)CC2(C)C(C(=O)CSc3nc4ncccc4o3)CCC12. The minimum Gasteiger partial charge on any atom is -0.430 e. The number of carbonyl (C=O) groups is 2. The van der Waals surface area contributed by atoms with Crippen molar-refractivity contribution >= 4 is 34.6 Å². The third-order valence-electron chi connectivity index (χ3n) is 9.36. The largest absolute Gasteiger partial charge is 0.430 e.